The molecule has 5 heteroatoms. The molecule has 0 saturated carbocycles. The summed E-state index contributed by atoms with van der Waals surface area (Å²) in [5.74, 6) is 1.88. The van der Waals surface area contributed by atoms with Crippen molar-refractivity contribution >= 4 is 5.78 Å². The van der Waals surface area contributed by atoms with Crippen molar-refractivity contribution in [2.75, 3.05) is 7.11 Å². The number of halogens is 1. The highest BCUT2D eigenvalue weighted by molar-refractivity contribution is 5.42. The van der Waals surface area contributed by atoms with Crippen LogP contribution in [0.3, 0.4) is 0 Å². The predicted octanol–water partition coefficient (Wildman–Crippen LogP) is 1.86. The topological polar surface area (TPSA) is 30.4 Å². The van der Waals surface area contributed by atoms with Gasteiger partial charge >= 0.3 is 5.78 Å². The van der Waals surface area contributed by atoms with Crippen LogP contribution in [-0.4, -0.2) is 16.5 Å². The van der Waals surface area contributed by atoms with E-state index in [1.165, 1.54) is 27.9 Å². The van der Waals surface area contributed by atoms with Crippen LogP contribution in [-0.2, 0) is 19.4 Å². The Morgan fingerprint density at radius 2 is 1.55 bits per heavy atom. The van der Waals surface area contributed by atoms with Crippen LogP contribution in [0.2, 0.25) is 0 Å². The van der Waals surface area contributed by atoms with Gasteiger partial charge in [-0.25, -0.2) is 8.97 Å². The Bertz CT molecular complexity index is 1330. The lowest BCUT2D eigenvalue weighted by atomic mass is 10.0. The summed E-state index contributed by atoms with van der Waals surface area (Å²) in [7, 11) is 1.75. The highest BCUT2D eigenvalue weighted by Crippen LogP contribution is 2.24. The minimum Gasteiger partial charge on any atom is -1.00 e. The summed E-state index contributed by atoms with van der Waals surface area (Å²) in [4.78, 5) is 4.64. The molecule has 0 aliphatic heterocycles. The molecule has 3 aromatic carbocycles. The fraction of sp³-hybridized carbons (Fsp3) is 0.143. The van der Waals surface area contributed by atoms with Crippen LogP contribution in [0, 0.1) is 0 Å². The third-order valence-electron chi connectivity index (χ3n) is 5.77. The molecule has 2 heterocycles. The van der Waals surface area contributed by atoms with Crippen molar-refractivity contribution in [1.82, 2.24) is 9.38 Å². The van der Waals surface area contributed by atoms with E-state index in [1.807, 2.05) is 24.4 Å². The van der Waals surface area contributed by atoms with Crippen molar-refractivity contribution in [3.05, 3.63) is 131 Å². The van der Waals surface area contributed by atoms with E-state index in [2.05, 4.69) is 93.1 Å². The van der Waals surface area contributed by atoms with Crippen molar-refractivity contribution < 1.29 is 26.3 Å². The molecule has 0 amide bonds. The quantitative estimate of drug-likeness (QED) is 0.320. The van der Waals surface area contributed by atoms with Gasteiger partial charge in [0, 0.05) is 18.9 Å². The van der Waals surface area contributed by atoms with E-state index >= 15 is 0 Å². The maximum atomic E-state index is 5.74. The van der Waals surface area contributed by atoms with Crippen LogP contribution in [0.25, 0.3) is 5.78 Å². The summed E-state index contributed by atoms with van der Waals surface area (Å²) in [6, 6.07) is 29.5. The Balaban J connectivity index is 0.00000259. The van der Waals surface area contributed by atoms with Crippen molar-refractivity contribution in [1.29, 1.82) is 0 Å². The van der Waals surface area contributed by atoms with Gasteiger partial charge in [0.2, 0.25) is 0 Å². The minimum atomic E-state index is 0. The molecule has 0 bridgehead atoms. The second kappa shape index (κ2) is 10.5. The zero-order chi connectivity index (χ0) is 21.8. The second-order valence-electron chi connectivity index (χ2n) is 8.01. The average molecular weight is 500 g/mol. The summed E-state index contributed by atoms with van der Waals surface area (Å²) in [5.41, 5.74) is 6.15. The van der Waals surface area contributed by atoms with Gasteiger partial charge in [-0.2, -0.15) is 0 Å². The molecule has 0 atom stereocenters. The van der Waals surface area contributed by atoms with Gasteiger partial charge in [-0.1, -0.05) is 77.8 Å². The standard InChI is InChI=1S/C28H26N3O.BrH/c1-32-27-19-24(13-14-25(27)17-22-9-4-2-5-10-22)18-26-21-30(20-23-11-6-3-7-12-23)28-29-15-8-16-31(26)28;/h2-16,19,21H,17-18,20H2,1H3;1H/q+1;/p-1. The van der Waals surface area contributed by atoms with E-state index in [4.69, 9.17) is 4.74 Å². The number of aromatic nitrogens is 3. The smallest absolute Gasteiger partial charge is 0.403 e. The lowest BCUT2D eigenvalue weighted by Crippen LogP contribution is -3.00. The van der Waals surface area contributed by atoms with Gasteiger partial charge in [0.05, 0.1) is 19.9 Å². The number of methoxy groups -OCH3 is 1. The second-order valence-corrected chi connectivity index (χ2v) is 8.01. The zero-order valence-electron chi connectivity index (χ0n) is 18.6. The molecular weight excluding hydrogens is 474 g/mol. The monoisotopic (exact) mass is 499 g/mol. The number of hydrogen-bond acceptors (Lipinski definition) is 2. The molecule has 4 nitrogen and oxygen atoms in total. The Morgan fingerprint density at radius 1 is 0.818 bits per heavy atom. The fourth-order valence-electron chi connectivity index (χ4n) is 4.20. The number of rotatable bonds is 7. The minimum absolute atomic E-state index is 0. The summed E-state index contributed by atoms with van der Waals surface area (Å²) in [6.45, 7) is 0.792. The maximum Gasteiger partial charge on any atom is 0.403 e. The number of nitrogens with zero attached hydrogens (tertiary/aromatic N) is 3. The first-order valence-electron chi connectivity index (χ1n) is 10.9. The van der Waals surface area contributed by atoms with E-state index < -0.39 is 0 Å². The molecule has 0 N–H and O–H groups in total. The highest BCUT2D eigenvalue weighted by Gasteiger charge is 2.18. The zero-order valence-corrected chi connectivity index (χ0v) is 20.2. The molecule has 166 valence electrons. The molecule has 5 rings (SSSR count). The molecule has 0 aliphatic rings. The van der Waals surface area contributed by atoms with Crippen LogP contribution in [0.1, 0.15) is 27.9 Å². The van der Waals surface area contributed by atoms with Crippen molar-refractivity contribution in [3.8, 4) is 5.75 Å². The lowest BCUT2D eigenvalue weighted by Gasteiger charge is -2.10. The number of fused-ring (bicyclic) bond motifs is 1. The number of benzene rings is 3. The van der Waals surface area contributed by atoms with E-state index in [-0.39, 0.29) is 17.0 Å². The Kier molecular flexibility index (Phi) is 7.20. The van der Waals surface area contributed by atoms with Crippen molar-refractivity contribution in [3.63, 3.8) is 0 Å². The molecule has 0 fully saturated rings. The first-order chi connectivity index (χ1) is 15.8. The average Bonchev–Trinajstić information content (AvgIpc) is 3.18. The Hall–Kier alpha value is -3.44. The Morgan fingerprint density at radius 3 is 2.27 bits per heavy atom. The normalized spacial score (nSPS) is 10.7. The van der Waals surface area contributed by atoms with Gasteiger partial charge < -0.3 is 21.7 Å². The summed E-state index contributed by atoms with van der Waals surface area (Å²) < 4.78 is 10.1. The Labute approximate surface area is 204 Å². The van der Waals surface area contributed by atoms with Gasteiger partial charge in [-0.15, -0.1) is 0 Å². The summed E-state index contributed by atoms with van der Waals surface area (Å²) in [6.07, 6.45) is 7.80. The third-order valence-corrected chi connectivity index (χ3v) is 5.77. The molecule has 0 aliphatic carbocycles. The van der Waals surface area contributed by atoms with Gasteiger partial charge in [-0.05, 0) is 28.3 Å². The maximum absolute atomic E-state index is 5.74. The van der Waals surface area contributed by atoms with E-state index in [0.29, 0.717) is 0 Å². The van der Waals surface area contributed by atoms with Crippen LogP contribution < -0.4 is 26.3 Å². The van der Waals surface area contributed by atoms with Crippen LogP contribution in [0.4, 0.5) is 0 Å². The van der Waals surface area contributed by atoms with Crippen molar-refractivity contribution in [2.24, 2.45) is 0 Å². The molecule has 2 aromatic heterocycles. The highest BCUT2D eigenvalue weighted by atomic mass is 79.9. The van der Waals surface area contributed by atoms with E-state index in [9.17, 15) is 0 Å². The number of imidazole rings is 1. The molecule has 5 aromatic rings. The van der Waals surface area contributed by atoms with E-state index in [1.54, 1.807) is 7.11 Å². The predicted molar refractivity (Wildman–Crippen MR) is 126 cm³/mol. The number of ether oxygens (including phenoxy) is 1. The van der Waals surface area contributed by atoms with Gasteiger partial charge in [0.25, 0.3) is 0 Å². The summed E-state index contributed by atoms with van der Waals surface area (Å²) >= 11 is 0. The molecule has 0 unspecified atom stereocenters. The molecule has 0 saturated heterocycles. The van der Waals surface area contributed by atoms with Gasteiger partial charge in [0.15, 0.2) is 0 Å². The first-order valence-corrected chi connectivity index (χ1v) is 10.9. The fourth-order valence-corrected chi connectivity index (χ4v) is 4.20. The van der Waals surface area contributed by atoms with E-state index in [0.717, 1.165) is 30.9 Å². The number of hydrogen-bond donors (Lipinski definition) is 0. The molecule has 0 spiro atoms. The first kappa shape index (κ1) is 22.7. The summed E-state index contributed by atoms with van der Waals surface area (Å²) in [5, 5.41) is 0. The molecule has 33 heavy (non-hydrogen) atoms. The molecular formula is C28H26BrN3O. The SMILES string of the molecule is COc1cc(Cc2c[n+](Cc3ccccc3)c3ncccn23)ccc1Cc1ccccc1.[Br-]. The van der Waals surface area contributed by atoms with Crippen molar-refractivity contribution in [2.45, 2.75) is 19.4 Å². The third kappa shape index (κ3) is 5.15. The van der Waals surface area contributed by atoms with Crippen LogP contribution in [0.15, 0.2) is 104 Å². The largest absolute Gasteiger partial charge is 1.00 e. The lowest BCUT2D eigenvalue weighted by molar-refractivity contribution is -0.664. The molecule has 0 radical (unpaired) electrons. The van der Waals surface area contributed by atoms with Gasteiger partial charge in [-0.3, -0.25) is 0 Å². The van der Waals surface area contributed by atoms with Gasteiger partial charge in [0.1, 0.15) is 23.8 Å². The van der Waals surface area contributed by atoms with Crippen LogP contribution >= 0.6 is 0 Å². The van der Waals surface area contributed by atoms with Crippen LogP contribution in [0.5, 0.6) is 5.75 Å².